The van der Waals surface area contributed by atoms with E-state index in [-0.39, 0.29) is 19.8 Å². The van der Waals surface area contributed by atoms with E-state index in [9.17, 15) is 9.90 Å². The van der Waals surface area contributed by atoms with Gasteiger partial charge in [-0.2, -0.15) is 0 Å². The molecule has 0 saturated carbocycles. The van der Waals surface area contributed by atoms with Crippen LogP contribution in [0.25, 0.3) is 0 Å². The number of anilines is 2. The zero-order valence-corrected chi connectivity index (χ0v) is 39.8. The van der Waals surface area contributed by atoms with Crippen molar-refractivity contribution in [1.29, 1.82) is 0 Å². The molecule has 4 heterocycles. The average molecular weight is 972 g/mol. The number of morpholine rings is 2. The number of aliphatic hydroxyl groups excluding tert-OH is 1. The smallest absolute Gasteiger partial charge is 0.329 e. The van der Waals surface area contributed by atoms with Gasteiger partial charge in [0.2, 0.25) is 11.8 Å². The Morgan fingerprint density at radius 3 is 2.29 bits per heavy atom. The van der Waals surface area contributed by atoms with E-state index in [2.05, 4.69) is 20.9 Å². The van der Waals surface area contributed by atoms with Gasteiger partial charge in [0.25, 0.3) is 0 Å². The number of esters is 1. The van der Waals surface area contributed by atoms with Crippen LogP contribution in [0.3, 0.4) is 0 Å². The molecule has 4 fully saturated rings. The van der Waals surface area contributed by atoms with Crippen molar-refractivity contribution >= 4 is 41.2 Å². The molecule has 0 aromatic heterocycles. The molecule has 72 heavy (non-hydrogen) atoms. The lowest BCUT2D eigenvalue weighted by Gasteiger charge is -2.44. The van der Waals surface area contributed by atoms with E-state index >= 15 is 19.2 Å². The standard InChI is InChI=1S/C56H57N7O9/c1-35(37-11-5-2-6-12-37)59-55(69)62-45-26-17-36(34-58-54(57)68)33-44(45)56(53(62)67)46(51(65)60-41-20-22-42(23-21-41)61-27-30-70-31-28-61)48-52(66)72-49(39-15-9-4-10-16-39)47(38-13-7-3-8-14-38)63(48)50(56)40-18-24-43(25-19-40)71-32-29-64/h2-15,17-26,33,35,44-48,50,64H,16,27-32,34H2,1H3,(H,59,69)(H,60,65)(H3,57,58,68)/b49-39+/t35-,44?,45?,46+,47+,48+,50-,56+/m0/s1. The molecule has 10 rings (SSSR count). The van der Waals surface area contributed by atoms with Crippen molar-refractivity contribution in [2.75, 3.05) is 56.3 Å². The number of allylic oxidation sites excluding steroid dienone is 5. The molecular formula is C56H57N7O9. The number of aliphatic hydroxyl groups is 1. The molecule has 6 aliphatic rings. The summed E-state index contributed by atoms with van der Waals surface area (Å²) in [4.78, 5) is 81.1. The second-order valence-electron chi connectivity index (χ2n) is 18.7. The molecular weight excluding hydrogens is 915 g/mol. The highest BCUT2D eigenvalue weighted by Gasteiger charge is 2.78. The van der Waals surface area contributed by atoms with Gasteiger partial charge in [-0.3, -0.25) is 19.4 Å². The van der Waals surface area contributed by atoms with E-state index in [1.54, 1.807) is 48.6 Å². The first kappa shape index (κ1) is 47.9. The maximum Gasteiger partial charge on any atom is 0.329 e. The molecule has 2 aliphatic carbocycles. The Kier molecular flexibility index (Phi) is 13.6. The summed E-state index contributed by atoms with van der Waals surface area (Å²) in [5, 5.41) is 18.5. The summed E-state index contributed by atoms with van der Waals surface area (Å²) in [5.41, 5.74) is 8.42. The van der Waals surface area contributed by atoms with E-state index in [1.165, 1.54) is 4.90 Å². The molecule has 2 unspecified atom stereocenters. The maximum absolute atomic E-state index is 16.7. The van der Waals surface area contributed by atoms with E-state index in [0.717, 1.165) is 22.4 Å². The fraction of sp³-hybridized carbons (Fsp3) is 0.304. The number of nitrogens with two attached hydrogens (primary N) is 1. The van der Waals surface area contributed by atoms with Crippen molar-refractivity contribution in [3.8, 4) is 5.75 Å². The molecule has 16 heteroatoms. The van der Waals surface area contributed by atoms with Gasteiger partial charge in [0.05, 0.1) is 55.3 Å². The van der Waals surface area contributed by atoms with Gasteiger partial charge >= 0.3 is 18.0 Å². The van der Waals surface area contributed by atoms with Crippen molar-refractivity contribution in [3.05, 3.63) is 185 Å². The average Bonchev–Trinajstić information content (AvgIpc) is 3.87. The number of hydrogen-bond donors (Lipinski definition) is 5. The fourth-order valence-corrected chi connectivity index (χ4v) is 11.5. The first-order valence-electron chi connectivity index (χ1n) is 24.4. The fourth-order valence-electron chi connectivity index (χ4n) is 11.5. The normalized spacial score (nSPS) is 26.9. The number of fused-ring (bicyclic) bond motifs is 3. The summed E-state index contributed by atoms with van der Waals surface area (Å²) in [5.74, 6) is -3.77. The van der Waals surface area contributed by atoms with E-state index in [1.807, 2.05) is 115 Å². The highest BCUT2D eigenvalue weighted by Crippen LogP contribution is 2.68. The van der Waals surface area contributed by atoms with Gasteiger partial charge in [-0.1, -0.05) is 115 Å². The Bertz CT molecular complexity index is 2860. The lowest BCUT2D eigenvalue weighted by Crippen LogP contribution is -2.53. The molecule has 4 aliphatic heterocycles. The molecule has 4 aromatic carbocycles. The zero-order chi connectivity index (χ0) is 49.9. The molecule has 6 N–H and O–H groups in total. The highest BCUT2D eigenvalue weighted by molar-refractivity contribution is 6.08. The summed E-state index contributed by atoms with van der Waals surface area (Å²) in [6.07, 6.45) is 13.4. The molecule has 370 valence electrons. The highest BCUT2D eigenvalue weighted by atomic mass is 16.5. The van der Waals surface area contributed by atoms with Crippen LogP contribution in [0.2, 0.25) is 0 Å². The van der Waals surface area contributed by atoms with Gasteiger partial charge in [-0.15, -0.1) is 0 Å². The zero-order valence-electron chi connectivity index (χ0n) is 39.8. The van der Waals surface area contributed by atoms with Gasteiger partial charge in [0.15, 0.2) is 0 Å². The van der Waals surface area contributed by atoms with Crippen molar-refractivity contribution in [1.82, 2.24) is 20.4 Å². The summed E-state index contributed by atoms with van der Waals surface area (Å²) in [6, 6.07) is 27.0. The SMILES string of the molecule is C[C@H](NC(=O)N1C(=O)[C@@]2(C3C=C(CNC(N)=O)C=CC31)[C@H](c1ccc(OCCO)cc1)N1[C@H](c3ccccc3)/C(=C3/C=CC=CC3)OC(=O)[C@H]1[C@@H]2C(=O)Nc1ccc(N2CCOCC2)cc1)c1ccccc1. The van der Waals surface area contributed by atoms with Gasteiger partial charge in [0.1, 0.15) is 24.2 Å². The van der Waals surface area contributed by atoms with Gasteiger partial charge in [-0.05, 0) is 77.6 Å². The largest absolute Gasteiger partial charge is 0.491 e. The van der Waals surface area contributed by atoms with Gasteiger partial charge in [0, 0.05) is 36.9 Å². The Morgan fingerprint density at radius 2 is 1.61 bits per heavy atom. The number of likely N-dealkylation sites (tertiary alicyclic amines) is 1. The Balaban J connectivity index is 1.21. The summed E-state index contributed by atoms with van der Waals surface area (Å²) in [6.45, 7) is 4.20. The second kappa shape index (κ2) is 20.5. The number of benzene rings is 4. The monoisotopic (exact) mass is 971 g/mol. The van der Waals surface area contributed by atoms with Crippen LogP contribution in [0.15, 0.2) is 169 Å². The van der Waals surface area contributed by atoms with Crippen molar-refractivity contribution < 1.29 is 43.3 Å². The summed E-state index contributed by atoms with van der Waals surface area (Å²) < 4.78 is 18.0. The van der Waals surface area contributed by atoms with Crippen LogP contribution in [0.1, 0.15) is 48.2 Å². The quantitative estimate of drug-likeness (QED) is 0.0985. The predicted molar refractivity (Wildman–Crippen MR) is 269 cm³/mol. The maximum atomic E-state index is 16.7. The lowest BCUT2D eigenvalue weighted by molar-refractivity contribution is -0.157. The van der Waals surface area contributed by atoms with Crippen molar-refractivity contribution in [2.24, 2.45) is 23.0 Å². The lowest BCUT2D eigenvalue weighted by atomic mass is 9.60. The number of nitrogens with zero attached hydrogens (tertiary/aromatic N) is 3. The minimum atomic E-state index is -1.95. The third-order valence-corrected chi connectivity index (χ3v) is 14.6. The Morgan fingerprint density at radius 1 is 0.889 bits per heavy atom. The number of imide groups is 1. The minimum Gasteiger partial charge on any atom is -0.491 e. The molecule has 1 spiro atoms. The van der Waals surface area contributed by atoms with Crippen LogP contribution in [-0.4, -0.2) is 103 Å². The van der Waals surface area contributed by atoms with Gasteiger partial charge in [-0.25, -0.2) is 14.4 Å². The number of ether oxygens (including phenoxy) is 3. The van der Waals surface area contributed by atoms with Crippen LogP contribution in [0.4, 0.5) is 21.0 Å². The van der Waals surface area contributed by atoms with Gasteiger partial charge < -0.3 is 45.9 Å². The number of carbonyl (C=O) groups is 5. The first-order chi connectivity index (χ1) is 35.1. The number of primary amides is 1. The van der Waals surface area contributed by atoms with Crippen LogP contribution in [-0.2, 0) is 23.9 Å². The molecule has 0 radical (unpaired) electrons. The van der Waals surface area contributed by atoms with E-state index in [4.69, 9.17) is 19.9 Å². The Hall–Kier alpha value is -7.79. The van der Waals surface area contributed by atoms with Crippen molar-refractivity contribution in [3.63, 3.8) is 0 Å². The van der Waals surface area contributed by atoms with Crippen molar-refractivity contribution in [2.45, 2.75) is 43.6 Å². The minimum absolute atomic E-state index is 0.0254. The first-order valence-corrected chi connectivity index (χ1v) is 24.4. The van der Waals surface area contributed by atoms with Crippen LogP contribution in [0.5, 0.6) is 5.75 Å². The molecule has 0 bridgehead atoms. The number of amides is 6. The number of cyclic esters (lactones) is 1. The summed E-state index contributed by atoms with van der Waals surface area (Å²) in [7, 11) is 0. The third-order valence-electron chi connectivity index (χ3n) is 14.6. The molecule has 8 atom stereocenters. The summed E-state index contributed by atoms with van der Waals surface area (Å²) >= 11 is 0. The number of nitrogens with one attached hydrogen (secondary N) is 3. The molecule has 6 amide bonds. The topological polar surface area (TPSA) is 205 Å². The molecule has 16 nitrogen and oxygen atoms in total. The van der Waals surface area contributed by atoms with E-state index < -0.39 is 77.3 Å². The van der Waals surface area contributed by atoms with Crippen LogP contribution < -0.4 is 31.3 Å². The number of carbonyl (C=O) groups excluding carboxylic acids is 5. The number of urea groups is 2. The van der Waals surface area contributed by atoms with Crippen LogP contribution in [0, 0.1) is 17.3 Å². The van der Waals surface area contributed by atoms with E-state index in [0.29, 0.717) is 61.1 Å². The number of hydrogen-bond acceptors (Lipinski definition) is 11. The number of rotatable bonds is 12. The predicted octanol–water partition coefficient (Wildman–Crippen LogP) is 6.39. The third kappa shape index (κ3) is 8.86. The second-order valence-corrected chi connectivity index (χ2v) is 18.7. The molecule has 4 aromatic rings. The molecule has 4 saturated heterocycles. The van der Waals surface area contributed by atoms with Crippen LogP contribution >= 0.6 is 0 Å². The Labute approximate surface area is 417 Å².